The van der Waals surface area contributed by atoms with Crippen molar-refractivity contribution in [2.24, 2.45) is 4.99 Å². The Kier molecular flexibility index (Phi) is 1.31. The first-order valence-corrected chi connectivity index (χ1v) is 3.54. The van der Waals surface area contributed by atoms with Crippen LogP contribution in [0.5, 0.6) is 0 Å². The second-order valence-electron chi connectivity index (χ2n) is 2.50. The number of allylic oxidation sites excluding steroid dienone is 2. The summed E-state index contributed by atoms with van der Waals surface area (Å²) >= 11 is 0. The van der Waals surface area contributed by atoms with Crippen molar-refractivity contribution >= 4 is 6.40 Å². The summed E-state index contributed by atoms with van der Waals surface area (Å²) in [6.45, 7) is 0. The topological polar surface area (TPSA) is 21.6 Å². The molecule has 0 saturated carbocycles. The maximum atomic E-state index is 4.94. The lowest BCUT2D eigenvalue weighted by atomic mass is 10.00. The Morgan fingerprint density at radius 1 is 1.50 bits per heavy atom. The van der Waals surface area contributed by atoms with Crippen LogP contribution in [0.4, 0.5) is 0 Å². The Morgan fingerprint density at radius 3 is 3.40 bits per heavy atom. The van der Waals surface area contributed by atoms with Crippen molar-refractivity contribution in [3.8, 4) is 0 Å². The first-order valence-electron chi connectivity index (χ1n) is 3.54. The highest BCUT2D eigenvalue weighted by Gasteiger charge is 2.10. The molecule has 2 aliphatic rings. The number of aliphatic imine (C=N–C) groups is 1. The van der Waals surface area contributed by atoms with Gasteiger partial charge in [0.1, 0.15) is 0 Å². The molecule has 2 heteroatoms. The summed E-state index contributed by atoms with van der Waals surface area (Å²) < 4.78 is 4.94. The molecule has 0 radical (unpaired) electrons. The number of ether oxygens (including phenoxy) is 1. The van der Waals surface area contributed by atoms with E-state index in [4.69, 9.17) is 4.74 Å². The zero-order valence-corrected chi connectivity index (χ0v) is 5.71. The molecule has 0 atom stereocenters. The first kappa shape index (κ1) is 5.71. The molecule has 0 unspecified atom stereocenters. The predicted molar refractivity (Wildman–Crippen MR) is 39.6 cm³/mol. The van der Waals surface area contributed by atoms with Gasteiger partial charge in [0.2, 0.25) is 0 Å². The van der Waals surface area contributed by atoms with E-state index >= 15 is 0 Å². The Morgan fingerprint density at radius 2 is 2.50 bits per heavy atom. The second-order valence-corrected chi connectivity index (χ2v) is 2.50. The normalized spacial score (nSPS) is 22.4. The van der Waals surface area contributed by atoms with Gasteiger partial charge in [-0.2, -0.15) is 0 Å². The molecule has 0 aromatic carbocycles. The number of hydrogen-bond donors (Lipinski definition) is 0. The largest absolute Gasteiger partial charge is 0.453 e. The molecule has 0 spiro atoms. The lowest BCUT2D eigenvalue weighted by Crippen LogP contribution is -2.00. The fourth-order valence-corrected chi connectivity index (χ4v) is 1.25. The minimum atomic E-state index is 1.11. The standard InChI is InChI=1S/C8H9NO/c1-2-4-8-7(3-1)5-10-6-9-8/h4-6H,1-3H2. The monoisotopic (exact) mass is 135 g/mol. The van der Waals surface area contributed by atoms with Gasteiger partial charge in [-0.05, 0) is 19.3 Å². The smallest absolute Gasteiger partial charge is 0.180 e. The lowest BCUT2D eigenvalue weighted by Gasteiger charge is -2.14. The summed E-state index contributed by atoms with van der Waals surface area (Å²) in [5, 5.41) is 0. The third-order valence-electron chi connectivity index (χ3n) is 1.78. The van der Waals surface area contributed by atoms with Crippen molar-refractivity contribution in [2.75, 3.05) is 0 Å². The van der Waals surface area contributed by atoms with Crippen LogP contribution in [0.15, 0.2) is 28.6 Å². The van der Waals surface area contributed by atoms with Crippen LogP contribution < -0.4 is 0 Å². The molecule has 0 bridgehead atoms. The van der Waals surface area contributed by atoms with E-state index in [1.54, 1.807) is 6.26 Å². The number of hydrogen-bond acceptors (Lipinski definition) is 2. The van der Waals surface area contributed by atoms with Crippen molar-refractivity contribution in [1.29, 1.82) is 0 Å². The molecule has 2 nitrogen and oxygen atoms in total. The van der Waals surface area contributed by atoms with Crippen LogP contribution in [-0.4, -0.2) is 6.40 Å². The lowest BCUT2D eigenvalue weighted by molar-refractivity contribution is 0.474. The van der Waals surface area contributed by atoms with Crippen LogP contribution in [0.1, 0.15) is 19.3 Å². The minimum absolute atomic E-state index is 1.11. The van der Waals surface area contributed by atoms with Crippen LogP contribution in [0.25, 0.3) is 0 Å². The molecular weight excluding hydrogens is 126 g/mol. The zero-order valence-electron chi connectivity index (χ0n) is 5.71. The number of nitrogens with zero attached hydrogens (tertiary/aromatic N) is 1. The maximum Gasteiger partial charge on any atom is 0.180 e. The maximum absolute atomic E-state index is 4.94. The molecular formula is C8H9NO. The molecule has 0 aromatic rings. The summed E-state index contributed by atoms with van der Waals surface area (Å²) in [6, 6.07) is 0. The van der Waals surface area contributed by atoms with Gasteiger partial charge >= 0.3 is 0 Å². The zero-order chi connectivity index (χ0) is 6.81. The number of rotatable bonds is 0. The highest BCUT2D eigenvalue weighted by atomic mass is 16.5. The first-order chi connectivity index (χ1) is 4.97. The van der Waals surface area contributed by atoms with Gasteiger partial charge in [0.05, 0.1) is 12.0 Å². The van der Waals surface area contributed by atoms with E-state index < -0.39 is 0 Å². The minimum Gasteiger partial charge on any atom is -0.453 e. The van der Waals surface area contributed by atoms with Gasteiger partial charge in [0, 0.05) is 5.57 Å². The molecule has 1 aliphatic heterocycles. The third kappa shape index (κ3) is 0.856. The fraction of sp³-hybridized carbons (Fsp3) is 0.375. The molecule has 0 N–H and O–H groups in total. The Hall–Kier alpha value is -1.05. The number of fused-ring (bicyclic) bond motifs is 1. The van der Waals surface area contributed by atoms with Crippen LogP contribution >= 0.6 is 0 Å². The Bertz CT molecular complexity index is 225. The van der Waals surface area contributed by atoms with Gasteiger partial charge in [-0.3, -0.25) is 0 Å². The highest BCUT2D eigenvalue weighted by molar-refractivity contribution is 5.55. The average molecular weight is 135 g/mol. The second kappa shape index (κ2) is 2.29. The molecule has 0 fully saturated rings. The van der Waals surface area contributed by atoms with E-state index in [1.165, 1.54) is 18.4 Å². The highest BCUT2D eigenvalue weighted by Crippen LogP contribution is 2.26. The van der Waals surface area contributed by atoms with E-state index in [-0.39, 0.29) is 0 Å². The van der Waals surface area contributed by atoms with E-state index in [0.717, 1.165) is 18.5 Å². The van der Waals surface area contributed by atoms with Crippen molar-refractivity contribution in [2.45, 2.75) is 19.3 Å². The van der Waals surface area contributed by atoms with Crippen molar-refractivity contribution in [3.63, 3.8) is 0 Å². The quantitative estimate of drug-likeness (QED) is 0.497. The predicted octanol–water partition coefficient (Wildman–Crippen LogP) is 2.00. The SMILES string of the molecule is C1=NC2=CCCCC2=CO1. The van der Waals surface area contributed by atoms with Gasteiger partial charge in [-0.1, -0.05) is 6.08 Å². The summed E-state index contributed by atoms with van der Waals surface area (Å²) in [6.07, 6.45) is 8.94. The molecule has 2 rings (SSSR count). The van der Waals surface area contributed by atoms with Gasteiger partial charge in [0.15, 0.2) is 6.40 Å². The van der Waals surface area contributed by atoms with E-state index in [9.17, 15) is 0 Å². The van der Waals surface area contributed by atoms with Crippen molar-refractivity contribution in [3.05, 3.63) is 23.6 Å². The van der Waals surface area contributed by atoms with E-state index in [0.29, 0.717) is 0 Å². The van der Waals surface area contributed by atoms with Crippen molar-refractivity contribution < 1.29 is 4.74 Å². The van der Waals surface area contributed by atoms with Crippen LogP contribution in [0.3, 0.4) is 0 Å². The molecule has 0 saturated heterocycles. The van der Waals surface area contributed by atoms with Crippen molar-refractivity contribution in [1.82, 2.24) is 0 Å². The third-order valence-corrected chi connectivity index (χ3v) is 1.78. The summed E-state index contributed by atoms with van der Waals surface area (Å²) in [4.78, 5) is 4.10. The summed E-state index contributed by atoms with van der Waals surface area (Å²) in [7, 11) is 0. The van der Waals surface area contributed by atoms with Crippen LogP contribution in [0, 0.1) is 0 Å². The molecule has 0 amide bonds. The van der Waals surface area contributed by atoms with Gasteiger partial charge < -0.3 is 4.74 Å². The summed E-state index contributed by atoms with van der Waals surface area (Å²) in [5.74, 6) is 0. The average Bonchev–Trinajstić information content (AvgIpc) is 2.05. The Balaban J connectivity index is 2.32. The summed E-state index contributed by atoms with van der Waals surface area (Å²) in [5.41, 5.74) is 2.35. The van der Waals surface area contributed by atoms with Gasteiger partial charge in [-0.15, -0.1) is 0 Å². The van der Waals surface area contributed by atoms with E-state index in [2.05, 4.69) is 11.1 Å². The fourth-order valence-electron chi connectivity index (χ4n) is 1.25. The molecule has 1 heterocycles. The van der Waals surface area contributed by atoms with E-state index in [1.807, 2.05) is 0 Å². The Labute approximate surface area is 59.9 Å². The molecule has 1 aliphatic carbocycles. The van der Waals surface area contributed by atoms with Gasteiger partial charge in [0.25, 0.3) is 0 Å². The molecule has 52 valence electrons. The van der Waals surface area contributed by atoms with Crippen LogP contribution in [-0.2, 0) is 4.74 Å². The van der Waals surface area contributed by atoms with Gasteiger partial charge in [-0.25, -0.2) is 4.99 Å². The van der Waals surface area contributed by atoms with Crippen LogP contribution in [0.2, 0.25) is 0 Å². The molecule has 0 aromatic heterocycles. The molecule has 10 heavy (non-hydrogen) atoms.